The number of nitrogens with zero attached hydrogens (tertiary/aromatic N) is 5. The first-order valence-corrected chi connectivity index (χ1v) is 12.3. The van der Waals surface area contributed by atoms with Crippen molar-refractivity contribution in [3.05, 3.63) is 112 Å². The second kappa shape index (κ2) is 10.7. The van der Waals surface area contributed by atoms with Gasteiger partial charge in [-0.25, -0.2) is 4.68 Å². The summed E-state index contributed by atoms with van der Waals surface area (Å²) in [6.45, 7) is 5.78. The fourth-order valence-electron chi connectivity index (χ4n) is 4.66. The number of hydrogen-bond donors (Lipinski definition) is 1. The number of nitrogens with one attached hydrogen (secondary N) is 1. The molecule has 1 unspecified atom stereocenters. The average molecular weight is 483 g/mol. The van der Waals surface area contributed by atoms with E-state index < -0.39 is 0 Å². The lowest BCUT2D eigenvalue weighted by molar-refractivity contribution is 0.155. The monoisotopic (exact) mass is 482 g/mol. The third kappa shape index (κ3) is 5.28. The van der Waals surface area contributed by atoms with Crippen LogP contribution in [-0.2, 0) is 19.6 Å². The minimum absolute atomic E-state index is 0.0742. The lowest BCUT2D eigenvalue weighted by Crippen LogP contribution is -2.32. The minimum Gasteiger partial charge on any atom is -0.467 e. The molecule has 3 aromatic heterocycles. The highest BCUT2D eigenvalue weighted by Gasteiger charge is 2.27. The molecule has 36 heavy (non-hydrogen) atoms. The topological polar surface area (TPSA) is 92.8 Å². The van der Waals surface area contributed by atoms with Gasteiger partial charge in [0.05, 0.1) is 12.3 Å². The molecule has 0 aliphatic carbocycles. The highest BCUT2D eigenvalue weighted by molar-refractivity contribution is 5.79. The van der Waals surface area contributed by atoms with Crippen molar-refractivity contribution in [1.82, 2.24) is 30.1 Å². The van der Waals surface area contributed by atoms with Gasteiger partial charge in [0.1, 0.15) is 12.3 Å². The third-order valence-electron chi connectivity index (χ3n) is 6.42. The third-order valence-corrected chi connectivity index (χ3v) is 6.42. The smallest absolute Gasteiger partial charge is 0.252 e. The van der Waals surface area contributed by atoms with E-state index in [1.54, 1.807) is 10.9 Å². The van der Waals surface area contributed by atoms with E-state index in [9.17, 15) is 4.79 Å². The lowest BCUT2D eigenvalue weighted by Gasteiger charge is -2.31. The number of pyridine rings is 1. The maximum Gasteiger partial charge on any atom is 0.252 e. The molecule has 0 amide bonds. The molecule has 0 radical (unpaired) electrons. The normalized spacial score (nSPS) is 12.4. The summed E-state index contributed by atoms with van der Waals surface area (Å²) in [5.41, 5.74) is 3.81. The lowest BCUT2D eigenvalue weighted by atomic mass is 10.0. The summed E-state index contributed by atoms with van der Waals surface area (Å²) < 4.78 is 7.34. The van der Waals surface area contributed by atoms with Gasteiger partial charge in [-0.15, -0.1) is 5.10 Å². The number of rotatable bonds is 10. The number of fused-ring (bicyclic) bond motifs is 1. The SMILES string of the molecule is CCCC(c1nnnn1Cc1ccco1)N(Cc1ccccc1)Cc1cc2cc(C)ccc2[nH]c1=O. The summed E-state index contributed by atoms with van der Waals surface area (Å²) in [6, 6.07) is 22.1. The Morgan fingerprint density at radius 2 is 1.92 bits per heavy atom. The van der Waals surface area contributed by atoms with Gasteiger partial charge in [0.2, 0.25) is 0 Å². The molecule has 5 aromatic rings. The van der Waals surface area contributed by atoms with Crippen molar-refractivity contribution in [2.75, 3.05) is 0 Å². The maximum absolute atomic E-state index is 13.1. The molecule has 0 spiro atoms. The molecule has 0 aliphatic rings. The van der Waals surface area contributed by atoms with Crippen LogP contribution in [0, 0.1) is 6.92 Å². The van der Waals surface area contributed by atoms with Gasteiger partial charge >= 0.3 is 0 Å². The number of aromatic amines is 1. The Labute approximate surface area is 209 Å². The zero-order valence-electron chi connectivity index (χ0n) is 20.6. The van der Waals surface area contributed by atoms with E-state index in [1.165, 1.54) is 0 Å². The van der Waals surface area contributed by atoms with Crippen molar-refractivity contribution in [2.24, 2.45) is 0 Å². The first-order valence-electron chi connectivity index (χ1n) is 12.3. The predicted octanol–water partition coefficient (Wildman–Crippen LogP) is 5.01. The van der Waals surface area contributed by atoms with Crippen LogP contribution in [0.15, 0.2) is 82.2 Å². The zero-order chi connectivity index (χ0) is 24.9. The Balaban J connectivity index is 1.54. The van der Waals surface area contributed by atoms with Gasteiger partial charge in [-0.1, -0.05) is 55.3 Å². The van der Waals surface area contributed by atoms with Crippen LogP contribution in [0.3, 0.4) is 0 Å². The van der Waals surface area contributed by atoms with Crippen LogP contribution in [0.5, 0.6) is 0 Å². The van der Waals surface area contributed by atoms with E-state index in [0.29, 0.717) is 19.6 Å². The van der Waals surface area contributed by atoms with Crippen LogP contribution in [-0.4, -0.2) is 30.1 Å². The summed E-state index contributed by atoms with van der Waals surface area (Å²) in [6.07, 6.45) is 3.44. The van der Waals surface area contributed by atoms with E-state index in [1.807, 2.05) is 48.5 Å². The largest absolute Gasteiger partial charge is 0.467 e. The van der Waals surface area contributed by atoms with Gasteiger partial charge in [0, 0.05) is 24.2 Å². The van der Waals surface area contributed by atoms with E-state index >= 15 is 0 Å². The van der Waals surface area contributed by atoms with E-state index in [0.717, 1.165) is 52.0 Å². The minimum atomic E-state index is -0.0900. The van der Waals surface area contributed by atoms with Crippen LogP contribution in [0.1, 0.15) is 54.1 Å². The van der Waals surface area contributed by atoms with Gasteiger partial charge in [-0.2, -0.15) is 0 Å². The van der Waals surface area contributed by atoms with Crippen LogP contribution in [0.4, 0.5) is 0 Å². The second-order valence-corrected chi connectivity index (χ2v) is 9.18. The van der Waals surface area contributed by atoms with Crippen molar-refractivity contribution < 1.29 is 4.42 Å². The van der Waals surface area contributed by atoms with E-state index in [-0.39, 0.29) is 11.6 Å². The molecule has 1 N–H and O–H groups in total. The number of furan rings is 1. The van der Waals surface area contributed by atoms with E-state index in [2.05, 4.69) is 57.5 Å². The summed E-state index contributed by atoms with van der Waals surface area (Å²) in [5.74, 6) is 1.55. The van der Waals surface area contributed by atoms with Gasteiger partial charge in [-0.3, -0.25) is 9.69 Å². The first kappa shape index (κ1) is 23.7. The molecule has 0 saturated heterocycles. The highest BCUT2D eigenvalue weighted by atomic mass is 16.3. The Kier molecular flexibility index (Phi) is 7.04. The molecular weight excluding hydrogens is 452 g/mol. The van der Waals surface area contributed by atoms with Crippen molar-refractivity contribution in [3.63, 3.8) is 0 Å². The maximum atomic E-state index is 13.1. The van der Waals surface area contributed by atoms with Crippen LogP contribution in [0.25, 0.3) is 10.9 Å². The number of H-pyrrole nitrogens is 1. The molecule has 0 fully saturated rings. The standard InChI is InChI=1S/C28H30N6O2/c1-3-8-26(27-30-31-32-34(27)19-24-11-7-14-36-24)33(17-21-9-5-4-6-10-21)18-23-16-22-15-20(2)12-13-25(22)29-28(23)35/h4-7,9-16,26H,3,8,17-19H2,1-2H3,(H,29,35). The van der Waals surface area contributed by atoms with Crippen molar-refractivity contribution in [3.8, 4) is 0 Å². The number of benzene rings is 2. The molecule has 0 aliphatic heterocycles. The van der Waals surface area contributed by atoms with Crippen molar-refractivity contribution in [2.45, 2.75) is 52.4 Å². The van der Waals surface area contributed by atoms with Gasteiger partial charge in [0.25, 0.3) is 5.56 Å². The predicted molar refractivity (Wildman–Crippen MR) is 138 cm³/mol. The quantitative estimate of drug-likeness (QED) is 0.301. The molecule has 2 aromatic carbocycles. The second-order valence-electron chi connectivity index (χ2n) is 9.18. The number of aryl methyl sites for hydroxylation is 1. The Morgan fingerprint density at radius 3 is 2.69 bits per heavy atom. The number of tetrazole rings is 1. The molecule has 3 heterocycles. The summed E-state index contributed by atoms with van der Waals surface area (Å²) >= 11 is 0. The van der Waals surface area contributed by atoms with Crippen LogP contribution in [0.2, 0.25) is 0 Å². The van der Waals surface area contributed by atoms with Gasteiger partial charge in [0.15, 0.2) is 5.82 Å². The Hall–Kier alpha value is -4.04. The Morgan fingerprint density at radius 1 is 1.06 bits per heavy atom. The van der Waals surface area contributed by atoms with Crippen LogP contribution >= 0.6 is 0 Å². The fourth-order valence-corrected chi connectivity index (χ4v) is 4.66. The van der Waals surface area contributed by atoms with Gasteiger partial charge in [-0.05, 0) is 65.1 Å². The van der Waals surface area contributed by atoms with Crippen LogP contribution < -0.4 is 5.56 Å². The summed E-state index contributed by atoms with van der Waals surface area (Å²) in [5, 5.41) is 13.7. The number of aromatic nitrogens is 5. The average Bonchev–Trinajstić information content (AvgIpc) is 3.56. The molecule has 0 bridgehead atoms. The van der Waals surface area contributed by atoms with Gasteiger partial charge < -0.3 is 9.40 Å². The molecule has 0 saturated carbocycles. The highest BCUT2D eigenvalue weighted by Crippen LogP contribution is 2.28. The summed E-state index contributed by atoms with van der Waals surface area (Å²) in [4.78, 5) is 18.5. The molecule has 5 rings (SSSR count). The van der Waals surface area contributed by atoms with Crippen molar-refractivity contribution >= 4 is 10.9 Å². The Bertz CT molecular complexity index is 1470. The fraction of sp³-hybridized carbons (Fsp3) is 0.286. The molecular formula is C28H30N6O2. The zero-order valence-corrected chi connectivity index (χ0v) is 20.6. The molecule has 1 atom stereocenters. The first-order chi connectivity index (χ1) is 17.6. The molecule has 8 heteroatoms. The van der Waals surface area contributed by atoms with Crippen molar-refractivity contribution in [1.29, 1.82) is 0 Å². The molecule has 184 valence electrons. The number of hydrogen-bond acceptors (Lipinski definition) is 6. The summed E-state index contributed by atoms with van der Waals surface area (Å²) in [7, 11) is 0. The molecule has 8 nitrogen and oxygen atoms in total. The van der Waals surface area contributed by atoms with E-state index in [4.69, 9.17) is 4.42 Å².